The van der Waals surface area contributed by atoms with Gasteiger partial charge >= 0.3 is 5.97 Å². The van der Waals surface area contributed by atoms with E-state index in [9.17, 15) is 9.59 Å². The molecule has 23 heavy (non-hydrogen) atoms. The Labute approximate surface area is 135 Å². The molecule has 2 N–H and O–H groups in total. The van der Waals surface area contributed by atoms with Crippen molar-refractivity contribution in [3.8, 4) is 0 Å². The smallest absolute Gasteiger partial charge is 0.325 e. The van der Waals surface area contributed by atoms with E-state index in [0.717, 1.165) is 12.0 Å². The van der Waals surface area contributed by atoms with Crippen LogP contribution in [0.25, 0.3) is 0 Å². The van der Waals surface area contributed by atoms with Crippen molar-refractivity contribution in [3.05, 3.63) is 47.7 Å². The summed E-state index contributed by atoms with van der Waals surface area (Å²) >= 11 is 0. The number of aromatic nitrogens is 2. The van der Waals surface area contributed by atoms with Crippen LogP contribution in [0.2, 0.25) is 0 Å². The number of carbonyl (C=O) groups is 2. The highest BCUT2D eigenvalue weighted by atomic mass is 16.4. The van der Waals surface area contributed by atoms with Crippen molar-refractivity contribution >= 4 is 17.7 Å². The topological polar surface area (TPSA) is 84.2 Å². The Balaban J connectivity index is 2.11. The van der Waals surface area contributed by atoms with E-state index in [0.29, 0.717) is 5.82 Å². The fourth-order valence-corrected chi connectivity index (χ4v) is 2.22. The van der Waals surface area contributed by atoms with Crippen LogP contribution in [0.5, 0.6) is 0 Å². The van der Waals surface area contributed by atoms with E-state index in [1.165, 1.54) is 16.4 Å². The predicted molar refractivity (Wildman–Crippen MR) is 87.3 cm³/mol. The molecular formula is C17H21N3O3. The number of aryl methyl sites for hydroxylation is 1. The minimum absolute atomic E-state index is 0.192. The van der Waals surface area contributed by atoms with Gasteiger partial charge in [-0.15, -0.1) is 0 Å². The average Bonchev–Trinajstić information content (AvgIpc) is 2.93. The first-order valence-electron chi connectivity index (χ1n) is 7.49. The lowest BCUT2D eigenvalue weighted by atomic mass is 9.83. The summed E-state index contributed by atoms with van der Waals surface area (Å²) in [5.41, 5.74) is 1.41. The first-order valence-corrected chi connectivity index (χ1v) is 7.49. The van der Waals surface area contributed by atoms with Crippen molar-refractivity contribution in [3.63, 3.8) is 0 Å². The normalized spacial score (nSPS) is 11.3. The third-order valence-corrected chi connectivity index (χ3v) is 3.83. The van der Waals surface area contributed by atoms with Crippen LogP contribution in [0.1, 0.15) is 31.9 Å². The highest BCUT2D eigenvalue weighted by Crippen LogP contribution is 2.25. The number of nitrogens with one attached hydrogen (secondary N) is 1. The molecule has 0 fully saturated rings. The van der Waals surface area contributed by atoms with Gasteiger partial charge in [-0.1, -0.05) is 31.2 Å². The summed E-state index contributed by atoms with van der Waals surface area (Å²) in [6, 6.07) is 9.54. The second-order valence-corrected chi connectivity index (χ2v) is 5.92. The highest BCUT2D eigenvalue weighted by Gasteiger charge is 2.30. The second kappa shape index (κ2) is 6.64. The monoisotopic (exact) mass is 315 g/mol. The number of carboxylic acids is 1. The number of benzene rings is 1. The van der Waals surface area contributed by atoms with E-state index < -0.39 is 11.4 Å². The largest absolute Gasteiger partial charge is 0.480 e. The minimum Gasteiger partial charge on any atom is -0.480 e. The Bertz CT molecular complexity index is 702. The molecule has 1 amide bonds. The quantitative estimate of drug-likeness (QED) is 0.857. The van der Waals surface area contributed by atoms with E-state index in [4.69, 9.17) is 5.11 Å². The zero-order valence-corrected chi connectivity index (χ0v) is 13.5. The number of carboxylic acid groups (broad SMARTS) is 1. The van der Waals surface area contributed by atoms with Crippen LogP contribution in [0.15, 0.2) is 36.5 Å². The number of hydrogen-bond acceptors (Lipinski definition) is 3. The zero-order valence-electron chi connectivity index (χ0n) is 13.5. The maximum absolute atomic E-state index is 12.5. The van der Waals surface area contributed by atoms with Crippen LogP contribution in [0.4, 0.5) is 5.82 Å². The Kier molecular flexibility index (Phi) is 4.83. The van der Waals surface area contributed by atoms with E-state index >= 15 is 0 Å². The van der Waals surface area contributed by atoms with Gasteiger partial charge in [0.15, 0.2) is 5.82 Å². The second-order valence-electron chi connectivity index (χ2n) is 5.92. The summed E-state index contributed by atoms with van der Waals surface area (Å²) in [6.07, 6.45) is 2.47. The van der Waals surface area contributed by atoms with Crippen LogP contribution in [0.3, 0.4) is 0 Å². The van der Waals surface area contributed by atoms with Gasteiger partial charge in [-0.25, -0.2) is 0 Å². The Morgan fingerprint density at radius 3 is 2.43 bits per heavy atom. The maximum Gasteiger partial charge on any atom is 0.325 e. The molecule has 0 aliphatic rings. The van der Waals surface area contributed by atoms with Gasteiger partial charge in [0.2, 0.25) is 5.91 Å². The molecule has 0 atom stereocenters. The predicted octanol–water partition coefficient (Wildman–Crippen LogP) is 2.45. The summed E-state index contributed by atoms with van der Waals surface area (Å²) in [6.45, 7) is 5.53. The number of anilines is 1. The molecule has 6 nitrogen and oxygen atoms in total. The molecule has 0 bridgehead atoms. The maximum atomic E-state index is 12.5. The summed E-state index contributed by atoms with van der Waals surface area (Å²) in [4.78, 5) is 23.2. The lowest BCUT2D eigenvalue weighted by Crippen LogP contribution is -2.34. The van der Waals surface area contributed by atoms with Gasteiger partial charge in [-0.2, -0.15) is 5.10 Å². The van der Waals surface area contributed by atoms with Crippen molar-refractivity contribution < 1.29 is 14.7 Å². The number of hydrogen-bond donors (Lipinski definition) is 2. The average molecular weight is 315 g/mol. The van der Waals surface area contributed by atoms with Gasteiger partial charge in [0.05, 0.1) is 5.41 Å². The number of amides is 1. The number of nitrogens with zero attached hydrogens (tertiary/aromatic N) is 2. The van der Waals surface area contributed by atoms with E-state index in [-0.39, 0.29) is 12.5 Å². The Hall–Kier alpha value is -2.63. The molecule has 0 aliphatic heterocycles. The molecule has 2 rings (SSSR count). The summed E-state index contributed by atoms with van der Waals surface area (Å²) in [7, 11) is 0. The summed E-state index contributed by atoms with van der Waals surface area (Å²) in [5.74, 6) is -0.834. The first-order chi connectivity index (χ1) is 10.8. The molecule has 1 heterocycles. The summed E-state index contributed by atoms with van der Waals surface area (Å²) in [5, 5.41) is 15.5. The van der Waals surface area contributed by atoms with Crippen LogP contribution in [-0.2, 0) is 28.0 Å². The van der Waals surface area contributed by atoms with Crippen molar-refractivity contribution in [1.29, 1.82) is 0 Å². The van der Waals surface area contributed by atoms with Crippen LogP contribution < -0.4 is 5.32 Å². The van der Waals surface area contributed by atoms with E-state index in [1.54, 1.807) is 6.07 Å². The number of rotatable bonds is 6. The van der Waals surface area contributed by atoms with Gasteiger partial charge in [0, 0.05) is 12.3 Å². The van der Waals surface area contributed by atoms with E-state index in [1.807, 2.05) is 38.1 Å². The lowest BCUT2D eigenvalue weighted by molar-refractivity contribution is -0.137. The standard InChI is InChI=1S/C17H21N3O3/c1-4-12-5-7-13(8-6-12)17(2,3)16(23)18-14-9-10-20(19-14)11-15(21)22/h5-10H,4,11H2,1-3H3,(H,21,22)(H,18,19,23). The fourth-order valence-electron chi connectivity index (χ4n) is 2.22. The van der Waals surface area contributed by atoms with Gasteiger partial charge < -0.3 is 10.4 Å². The summed E-state index contributed by atoms with van der Waals surface area (Å²) < 4.78 is 1.26. The zero-order chi connectivity index (χ0) is 17.0. The molecule has 0 unspecified atom stereocenters. The highest BCUT2D eigenvalue weighted by molar-refractivity contribution is 5.97. The molecule has 1 aromatic heterocycles. The van der Waals surface area contributed by atoms with Crippen molar-refractivity contribution in [2.75, 3.05) is 5.32 Å². The molecule has 6 heteroatoms. The lowest BCUT2D eigenvalue weighted by Gasteiger charge is -2.23. The molecule has 0 radical (unpaired) electrons. The first kappa shape index (κ1) is 16.7. The third kappa shape index (κ3) is 3.97. The number of carbonyl (C=O) groups excluding carboxylic acids is 1. The Morgan fingerprint density at radius 1 is 1.22 bits per heavy atom. The van der Waals surface area contributed by atoms with Crippen LogP contribution in [-0.4, -0.2) is 26.8 Å². The fraction of sp³-hybridized carbons (Fsp3) is 0.353. The molecule has 122 valence electrons. The number of aliphatic carboxylic acids is 1. The minimum atomic E-state index is -0.984. The molecule has 0 aliphatic carbocycles. The third-order valence-electron chi connectivity index (χ3n) is 3.83. The van der Waals surface area contributed by atoms with Crippen LogP contribution in [0, 0.1) is 0 Å². The van der Waals surface area contributed by atoms with E-state index in [2.05, 4.69) is 17.3 Å². The molecule has 0 saturated heterocycles. The van der Waals surface area contributed by atoms with Gasteiger partial charge in [-0.3, -0.25) is 14.3 Å². The molecule has 0 spiro atoms. The SMILES string of the molecule is CCc1ccc(C(C)(C)C(=O)Nc2ccn(CC(=O)O)n2)cc1. The van der Waals surface area contributed by atoms with Crippen molar-refractivity contribution in [2.45, 2.75) is 39.2 Å². The van der Waals surface area contributed by atoms with Gasteiger partial charge in [-0.05, 0) is 31.4 Å². The van der Waals surface area contributed by atoms with Gasteiger partial charge in [0.1, 0.15) is 6.54 Å². The molecule has 1 aromatic carbocycles. The van der Waals surface area contributed by atoms with Crippen LogP contribution >= 0.6 is 0 Å². The van der Waals surface area contributed by atoms with Crippen molar-refractivity contribution in [2.24, 2.45) is 0 Å². The Morgan fingerprint density at radius 2 is 1.87 bits per heavy atom. The molecular weight excluding hydrogens is 294 g/mol. The molecule has 2 aromatic rings. The molecule has 0 saturated carbocycles. The van der Waals surface area contributed by atoms with Crippen molar-refractivity contribution in [1.82, 2.24) is 9.78 Å². The van der Waals surface area contributed by atoms with Gasteiger partial charge in [0.25, 0.3) is 0 Å².